The summed E-state index contributed by atoms with van der Waals surface area (Å²) in [5, 5.41) is 12.8. The maximum atomic E-state index is 11.6. The molecule has 0 saturated carbocycles. The third-order valence-corrected chi connectivity index (χ3v) is 5.68. The normalized spacial score (nSPS) is 12.5. The number of halogens is 1. The fourth-order valence-electron chi connectivity index (χ4n) is 3.83. The molecule has 0 spiro atoms. The average Bonchev–Trinajstić information content (AvgIpc) is 3.38. The zero-order chi connectivity index (χ0) is 24.0. The number of anilines is 1. The summed E-state index contributed by atoms with van der Waals surface area (Å²) in [6.45, 7) is 5.35. The number of nitrogens with zero attached hydrogens (tertiary/aromatic N) is 3. The predicted molar refractivity (Wildman–Crippen MR) is 130 cm³/mol. The van der Waals surface area contributed by atoms with Crippen molar-refractivity contribution in [3.05, 3.63) is 77.0 Å². The van der Waals surface area contributed by atoms with Crippen LogP contribution < -0.4 is 16.5 Å². The zero-order valence-electron chi connectivity index (χ0n) is 17.8. The summed E-state index contributed by atoms with van der Waals surface area (Å²) in [7, 11) is 0. The van der Waals surface area contributed by atoms with Crippen LogP contribution in [0.5, 0.6) is 0 Å². The minimum Gasteiger partial charge on any atom is -0.454 e. The number of carbonyl (C=O) groups excluding carboxylic acids is 2. The summed E-state index contributed by atoms with van der Waals surface area (Å²) in [6.07, 6.45) is 1.19. The third kappa shape index (κ3) is 3.36. The van der Waals surface area contributed by atoms with E-state index < -0.39 is 0 Å². The van der Waals surface area contributed by atoms with Gasteiger partial charge in [0.2, 0.25) is 5.91 Å². The Morgan fingerprint density at radius 1 is 1.29 bits per heavy atom. The lowest BCUT2D eigenvalue weighted by Gasteiger charge is -2.12. The van der Waals surface area contributed by atoms with Gasteiger partial charge in [-0.3, -0.25) is 10.2 Å². The highest BCUT2D eigenvalue weighted by molar-refractivity contribution is 6.31. The number of rotatable bonds is 4. The molecule has 0 atom stereocenters. The molecule has 2 aromatic heterocycles. The largest absolute Gasteiger partial charge is 0.454 e. The standard InChI is InChI=1S/C24H17ClN6O3/c1-3-19(33)27-14-5-7-15(8-6-14)31-22(20-21(30-31)17(11-32)28-29-24(20)26)23-12(2)16-10-13(25)4-9-18(16)34-23/h3-10,28H,1H2,2H3,(H2,26,29)(H,27,33). The Morgan fingerprint density at radius 3 is 2.76 bits per heavy atom. The maximum absolute atomic E-state index is 11.6. The average molecular weight is 473 g/mol. The monoisotopic (exact) mass is 472 g/mol. The molecule has 4 aromatic rings. The number of hydrogen-bond donors (Lipinski definition) is 3. The smallest absolute Gasteiger partial charge is 0.247 e. The van der Waals surface area contributed by atoms with Crippen LogP contribution in [0.15, 0.2) is 64.6 Å². The number of hydrogen-bond acceptors (Lipinski definition) is 7. The second kappa shape index (κ2) is 8.08. The Bertz CT molecular complexity index is 1570. The summed E-state index contributed by atoms with van der Waals surface area (Å²) >= 11 is 6.20. The number of furan rings is 1. The Labute approximate surface area is 198 Å². The SMILES string of the molecule is C=CC(=O)Nc1ccc(-n2nc3c(c2-c2oc4ccc(Cl)cc4c2C)C(N)=NNC3=C=O)cc1. The molecule has 1 aliphatic heterocycles. The van der Waals surface area contributed by atoms with Crippen LogP contribution in [0.1, 0.15) is 16.8 Å². The van der Waals surface area contributed by atoms with Gasteiger partial charge in [0, 0.05) is 21.7 Å². The molecule has 1 amide bonds. The van der Waals surface area contributed by atoms with Crippen LogP contribution >= 0.6 is 11.6 Å². The lowest BCUT2D eigenvalue weighted by atomic mass is 10.0. The number of fused-ring (bicyclic) bond motifs is 2. The first kappa shape index (κ1) is 21.3. The molecule has 5 rings (SSSR count). The molecule has 0 radical (unpaired) electrons. The van der Waals surface area contributed by atoms with Crippen molar-refractivity contribution in [1.29, 1.82) is 0 Å². The Kier molecular flexibility index (Phi) is 5.05. The molecule has 34 heavy (non-hydrogen) atoms. The molecule has 1 aliphatic rings. The fourth-order valence-corrected chi connectivity index (χ4v) is 4.00. The number of amides is 1. The predicted octanol–water partition coefficient (Wildman–Crippen LogP) is 3.77. The number of nitrogens with one attached hydrogen (secondary N) is 2. The topological polar surface area (TPSA) is 128 Å². The molecular weight excluding hydrogens is 456 g/mol. The first-order valence-corrected chi connectivity index (χ1v) is 10.5. The molecule has 3 heterocycles. The van der Waals surface area contributed by atoms with E-state index in [4.69, 9.17) is 21.8 Å². The molecule has 0 bridgehead atoms. The van der Waals surface area contributed by atoms with Crippen molar-refractivity contribution in [3.63, 3.8) is 0 Å². The number of carbonyl (C=O) groups is 1. The van der Waals surface area contributed by atoms with Gasteiger partial charge in [-0.15, -0.1) is 0 Å². The van der Waals surface area contributed by atoms with E-state index in [1.54, 1.807) is 41.1 Å². The van der Waals surface area contributed by atoms with Crippen molar-refractivity contribution < 1.29 is 14.0 Å². The van der Waals surface area contributed by atoms with Gasteiger partial charge in [-0.05, 0) is 55.5 Å². The van der Waals surface area contributed by atoms with E-state index in [2.05, 4.69) is 27.5 Å². The molecule has 2 aromatic carbocycles. The van der Waals surface area contributed by atoms with Crippen LogP contribution in [0, 0.1) is 6.92 Å². The van der Waals surface area contributed by atoms with Crippen molar-refractivity contribution in [2.75, 3.05) is 5.32 Å². The number of benzene rings is 2. The van der Waals surface area contributed by atoms with Crippen LogP contribution in [0.4, 0.5) is 5.69 Å². The van der Waals surface area contributed by atoms with E-state index in [1.807, 2.05) is 18.9 Å². The van der Waals surface area contributed by atoms with Crippen molar-refractivity contribution in [2.24, 2.45) is 10.8 Å². The fraction of sp³-hybridized carbons (Fsp3) is 0.0417. The molecule has 10 heteroatoms. The molecule has 4 N–H and O–H groups in total. The van der Waals surface area contributed by atoms with Gasteiger partial charge in [0.15, 0.2) is 23.2 Å². The number of aromatic nitrogens is 2. The van der Waals surface area contributed by atoms with E-state index >= 15 is 0 Å². The summed E-state index contributed by atoms with van der Waals surface area (Å²) < 4.78 is 7.82. The quantitative estimate of drug-likeness (QED) is 0.306. The summed E-state index contributed by atoms with van der Waals surface area (Å²) in [4.78, 5) is 23.2. The maximum Gasteiger partial charge on any atom is 0.247 e. The van der Waals surface area contributed by atoms with Crippen LogP contribution in [0.2, 0.25) is 5.02 Å². The van der Waals surface area contributed by atoms with Gasteiger partial charge in [0.05, 0.1) is 11.3 Å². The van der Waals surface area contributed by atoms with E-state index in [-0.39, 0.29) is 17.4 Å². The van der Waals surface area contributed by atoms with Gasteiger partial charge >= 0.3 is 0 Å². The minimum absolute atomic E-state index is 0.0517. The van der Waals surface area contributed by atoms with Crippen LogP contribution in [-0.2, 0) is 9.59 Å². The van der Waals surface area contributed by atoms with E-state index in [9.17, 15) is 9.59 Å². The molecule has 9 nitrogen and oxygen atoms in total. The molecule has 0 saturated heterocycles. The Balaban J connectivity index is 1.76. The van der Waals surface area contributed by atoms with Crippen molar-refractivity contribution in [1.82, 2.24) is 15.2 Å². The van der Waals surface area contributed by atoms with Gasteiger partial charge in [-0.25, -0.2) is 9.48 Å². The van der Waals surface area contributed by atoms with Crippen LogP contribution in [-0.4, -0.2) is 27.5 Å². The Hall–Kier alpha value is -4.59. The first-order valence-electron chi connectivity index (χ1n) is 10.1. The second-order valence-electron chi connectivity index (χ2n) is 7.51. The molecule has 0 unspecified atom stereocenters. The van der Waals surface area contributed by atoms with Gasteiger partial charge in [-0.2, -0.15) is 10.2 Å². The van der Waals surface area contributed by atoms with Crippen LogP contribution in [0.25, 0.3) is 33.8 Å². The zero-order valence-corrected chi connectivity index (χ0v) is 18.6. The summed E-state index contributed by atoms with van der Waals surface area (Å²) in [5.41, 5.74) is 12.8. The van der Waals surface area contributed by atoms with Crippen LogP contribution in [0.3, 0.4) is 0 Å². The molecule has 0 fully saturated rings. The van der Waals surface area contributed by atoms with Crippen molar-refractivity contribution in [2.45, 2.75) is 6.92 Å². The van der Waals surface area contributed by atoms with Crippen molar-refractivity contribution in [3.8, 4) is 17.1 Å². The lowest BCUT2D eigenvalue weighted by Crippen LogP contribution is -2.25. The number of amidine groups is 1. The second-order valence-corrected chi connectivity index (χ2v) is 7.94. The number of hydrazone groups is 1. The van der Waals surface area contributed by atoms with Gasteiger partial charge in [0.1, 0.15) is 17.0 Å². The first-order chi connectivity index (χ1) is 16.4. The summed E-state index contributed by atoms with van der Waals surface area (Å²) in [5.74, 6) is 2.14. The highest BCUT2D eigenvalue weighted by Crippen LogP contribution is 2.39. The van der Waals surface area contributed by atoms with Gasteiger partial charge < -0.3 is 15.5 Å². The van der Waals surface area contributed by atoms with E-state index in [0.29, 0.717) is 44.7 Å². The minimum atomic E-state index is -0.324. The number of aryl methyl sites for hydroxylation is 1. The van der Waals surface area contributed by atoms with E-state index in [0.717, 1.165) is 10.9 Å². The molecular formula is C24H17ClN6O3. The summed E-state index contributed by atoms with van der Waals surface area (Å²) in [6, 6.07) is 12.3. The lowest BCUT2D eigenvalue weighted by molar-refractivity contribution is -0.111. The highest BCUT2D eigenvalue weighted by Gasteiger charge is 2.31. The van der Waals surface area contributed by atoms with Crippen molar-refractivity contribution >= 4 is 51.6 Å². The molecule has 0 aliphatic carbocycles. The third-order valence-electron chi connectivity index (χ3n) is 5.45. The van der Waals surface area contributed by atoms with Gasteiger partial charge in [0.25, 0.3) is 0 Å². The van der Waals surface area contributed by atoms with Gasteiger partial charge in [-0.1, -0.05) is 18.2 Å². The van der Waals surface area contributed by atoms with E-state index in [1.165, 1.54) is 6.08 Å². The highest BCUT2D eigenvalue weighted by atomic mass is 35.5. The molecule has 168 valence electrons. The number of nitrogens with two attached hydrogens (primary N) is 1. The Morgan fingerprint density at radius 2 is 2.06 bits per heavy atom.